The third kappa shape index (κ3) is 9.01. The second kappa shape index (κ2) is 8.37. The van der Waals surface area contributed by atoms with Gasteiger partial charge in [-0.2, -0.15) is 13.2 Å². The molecule has 0 aromatic heterocycles. The van der Waals surface area contributed by atoms with Crippen LogP contribution in [0.25, 0.3) is 0 Å². The first-order chi connectivity index (χ1) is 7.88. The number of hydrogen-bond donors (Lipinski definition) is 0. The molecule has 0 N–H and O–H groups in total. The normalized spacial score (nSPS) is 13.5. The first-order valence-corrected chi connectivity index (χ1v) is 6.11. The molecule has 0 spiro atoms. The fraction of sp³-hybridized carbons (Fsp3) is 0.917. The molecule has 0 radical (unpaired) electrons. The molecule has 0 bridgehead atoms. The zero-order valence-corrected chi connectivity index (χ0v) is 10.5. The summed E-state index contributed by atoms with van der Waals surface area (Å²) in [7, 11) is 0. The van der Waals surface area contributed by atoms with Gasteiger partial charge in [-0.3, -0.25) is 4.79 Å². The Balaban J connectivity index is 3.81. The summed E-state index contributed by atoms with van der Waals surface area (Å²) in [6.07, 6.45) is -1.09. The van der Waals surface area contributed by atoms with Crippen molar-refractivity contribution >= 4 is 5.97 Å². The molecule has 1 atom stereocenters. The summed E-state index contributed by atoms with van der Waals surface area (Å²) >= 11 is 0. The van der Waals surface area contributed by atoms with Crippen molar-refractivity contribution in [1.29, 1.82) is 0 Å². The van der Waals surface area contributed by atoms with Gasteiger partial charge >= 0.3 is 12.1 Å². The van der Waals surface area contributed by atoms with Crippen LogP contribution in [-0.2, 0) is 9.53 Å². The number of carbonyl (C=O) groups excluding carboxylic acids is 1. The summed E-state index contributed by atoms with van der Waals surface area (Å²) in [5, 5.41) is 0. The zero-order chi connectivity index (χ0) is 13.3. The largest absolute Gasteiger partial charge is 0.453 e. The number of unbranched alkanes of at least 4 members (excludes halogenated alkanes) is 5. The maximum Gasteiger partial charge on any atom is 0.425 e. The van der Waals surface area contributed by atoms with Crippen LogP contribution >= 0.6 is 0 Å². The third-order valence-corrected chi connectivity index (χ3v) is 2.49. The highest BCUT2D eigenvalue weighted by Crippen LogP contribution is 2.27. The van der Waals surface area contributed by atoms with Crippen LogP contribution in [0.1, 0.15) is 58.8 Å². The number of esters is 1. The van der Waals surface area contributed by atoms with Gasteiger partial charge in [-0.15, -0.1) is 0 Å². The Morgan fingerprint density at radius 2 is 1.65 bits per heavy atom. The van der Waals surface area contributed by atoms with Crippen molar-refractivity contribution in [2.24, 2.45) is 0 Å². The van der Waals surface area contributed by atoms with Crippen molar-refractivity contribution in [2.75, 3.05) is 0 Å². The Bertz CT molecular complexity index is 214. The summed E-state index contributed by atoms with van der Waals surface area (Å²) in [5.41, 5.74) is 0. The lowest BCUT2D eigenvalue weighted by molar-refractivity contribution is -0.221. The van der Waals surface area contributed by atoms with Crippen LogP contribution in [0.5, 0.6) is 0 Å². The molecular weight excluding hydrogens is 233 g/mol. The summed E-state index contributed by atoms with van der Waals surface area (Å²) < 4.78 is 41.6. The maximum atomic E-state index is 12.4. The van der Waals surface area contributed by atoms with E-state index in [2.05, 4.69) is 11.7 Å². The second-order valence-corrected chi connectivity index (χ2v) is 4.20. The Labute approximate surface area is 101 Å². The van der Waals surface area contributed by atoms with Crippen LogP contribution in [0.3, 0.4) is 0 Å². The molecule has 0 rings (SSSR count). The van der Waals surface area contributed by atoms with Crippen molar-refractivity contribution in [3.63, 3.8) is 0 Å². The molecule has 0 fully saturated rings. The van der Waals surface area contributed by atoms with E-state index in [-0.39, 0.29) is 6.42 Å². The Hall–Kier alpha value is -0.740. The minimum atomic E-state index is -4.45. The Morgan fingerprint density at radius 3 is 2.12 bits per heavy atom. The van der Waals surface area contributed by atoms with Crippen LogP contribution < -0.4 is 0 Å². The third-order valence-electron chi connectivity index (χ3n) is 2.49. The van der Waals surface area contributed by atoms with Crippen LogP contribution in [0.2, 0.25) is 0 Å². The SMILES string of the molecule is CCCCCCCCC(OC(C)=O)C(F)(F)F. The lowest BCUT2D eigenvalue weighted by Gasteiger charge is -2.19. The summed E-state index contributed by atoms with van der Waals surface area (Å²) in [6.45, 7) is 3.08. The minimum Gasteiger partial charge on any atom is -0.453 e. The smallest absolute Gasteiger partial charge is 0.425 e. The van der Waals surface area contributed by atoms with E-state index in [0.29, 0.717) is 6.42 Å². The lowest BCUT2D eigenvalue weighted by atomic mass is 10.1. The number of rotatable bonds is 8. The molecule has 5 heteroatoms. The van der Waals surface area contributed by atoms with Gasteiger partial charge in [0.25, 0.3) is 0 Å². The molecule has 0 saturated heterocycles. The second-order valence-electron chi connectivity index (χ2n) is 4.20. The van der Waals surface area contributed by atoms with Gasteiger partial charge in [0.2, 0.25) is 0 Å². The van der Waals surface area contributed by atoms with Gasteiger partial charge < -0.3 is 4.74 Å². The van der Waals surface area contributed by atoms with Gasteiger partial charge in [0, 0.05) is 6.92 Å². The number of hydrogen-bond acceptors (Lipinski definition) is 2. The van der Waals surface area contributed by atoms with Gasteiger partial charge in [0.15, 0.2) is 6.10 Å². The van der Waals surface area contributed by atoms with Crippen molar-refractivity contribution in [1.82, 2.24) is 0 Å². The molecule has 0 saturated carbocycles. The van der Waals surface area contributed by atoms with Crippen molar-refractivity contribution < 1.29 is 22.7 Å². The van der Waals surface area contributed by atoms with E-state index in [4.69, 9.17) is 0 Å². The first kappa shape index (κ1) is 16.3. The molecule has 0 aliphatic carbocycles. The van der Waals surface area contributed by atoms with Crippen LogP contribution in [0, 0.1) is 0 Å². The van der Waals surface area contributed by atoms with Crippen LogP contribution in [0.15, 0.2) is 0 Å². The summed E-state index contributed by atoms with van der Waals surface area (Å²) in [6, 6.07) is 0. The predicted octanol–water partition coefficient (Wildman–Crippen LogP) is 4.23. The first-order valence-electron chi connectivity index (χ1n) is 6.11. The van der Waals surface area contributed by atoms with Gasteiger partial charge in [0.05, 0.1) is 0 Å². The molecule has 0 amide bonds. The topological polar surface area (TPSA) is 26.3 Å². The van der Waals surface area contributed by atoms with Gasteiger partial charge in [-0.05, 0) is 12.8 Å². The van der Waals surface area contributed by atoms with E-state index < -0.39 is 18.2 Å². The number of alkyl halides is 3. The highest BCUT2D eigenvalue weighted by atomic mass is 19.4. The number of halogens is 3. The monoisotopic (exact) mass is 254 g/mol. The molecular formula is C12H21F3O2. The molecule has 2 nitrogen and oxygen atoms in total. The highest BCUT2D eigenvalue weighted by Gasteiger charge is 2.41. The fourth-order valence-electron chi connectivity index (χ4n) is 1.60. The van der Waals surface area contributed by atoms with Gasteiger partial charge in [-0.1, -0.05) is 39.0 Å². The molecule has 0 aliphatic rings. The molecule has 0 aromatic carbocycles. The van der Waals surface area contributed by atoms with E-state index in [1.54, 1.807) is 0 Å². The van der Waals surface area contributed by atoms with Crippen molar-refractivity contribution in [3.8, 4) is 0 Å². The summed E-state index contributed by atoms with van der Waals surface area (Å²) in [4.78, 5) is 10.6. The molecule has 0 heterocycles. The fourth-order valence-corrected chi connectivity index (χ4v) is 1.60. The highest BCUT2D eigenvalue weighted by molar-refractivity contribution is 5.66. The van der Waals surface area contributed by atoms with Gasteiger partial charge in [0.1, 0.15) is 0 Å². The summed E-state index contributed by atoms with van der Waals surface area (Å²) in [5.74, 6) is -0.877. The number of ether oxygens (including phenoxy) is 1. The number of carbonyl (C=O) groups is 1. The van der Waals surface area contributed by atoms with E-state index >= 15 is 0 Å². The van der Waals surface area contributed by atoms with Crippen molar-refractivity contribution in [3.05, 3.63) is 0 Å². The van der Waals surface area contributed by atoms with E-state index in [1.165, 1.54) is 0 Å². The van der Waals surface area contributed by atoms with E-state index in [9.17, 15) is 18.0 Å². The molecule has 0 aromatic rings. The molecule has 102 valence electrons. The van der Waals surface area contributed by atoms with E-state index in [1.807, 2.05) is 0 Å². The molecule has 17 heavy (non-hydrogen) atoms. The lowest BCUT2D eigenvalue weighted by Crippen LogP contribution is -2.33. The quantitative estimate of drug-likeness (QED) is 0.478. The standard InChI is InChI=1S/C12H21F3O2/c1-3-4-5-6-7-8-9-11(12(13,14)15)17-10(2)16/h11H,3-9H2,1-2H3. The van der Waals surface area contributed by atoms with E-state index in [0.717, 1.165) is 39.0 Å². The minimum absolute atomic E-state index is 0.130. The van der Waals surface area contributed by atoms with Crippen LogP contribution in [-0.4, -0.2) is 18.2 Å². The Kier molecular flexibility index (Phi) is 8.00. The van der Waals surface area contributed by atoms with Crippen LogP contribution in [0.4, 0.5) is 13.2 Å². The average Bonchev–Trinajstić information content (AvgIpc) is 2.19. The van der Waals surface area contributed by atoms with Gasteiger partial charge in [-0.25, -0.2) is 0 Å². The maximum absolute atomic E-state index is 12.4. The molecule has 1 unspecified atom stereocenters. The zero-order valence-electron chi connectivity index (χ0n) is 10.5. The predicted molar refractivity (Wildman–Crippen MR) is 59.6 cm³/mol. The average molecular weight is 254 g/mol. The van der Waals surface area contributed by atoms with Crippen molar-refractivity contribution in [2.45, 2.75) is 71.1 Å². The molecule has 0 aliphatic heterocycles. The Morgan fingerprint density at radius 1 is 1.12 bits per heavy atom.